The molecule has 116 valence electrons. The second-order valence-electron chi connectivity index (χ2n) is 6.73. The Labute approximate surface area is 133 Å². The van der Waals surface area contributed by atoms with Crippen LogP contribution in [0.3, 0.4) is 0 Å². The van der Waals surface area contributed by atoms with Crippen LogP contribution in [0.25, 0.3) is 0 Å². The molecular formula is C17H26ClN3. The van der Waals surface area contributed by atoms with Crippen LogP contribution in [-0.2, 0) is 6.54 Å². The second-order valence-corrected chi connectivity index (χ2v) is 7.13. The van der Waals surface area contributed by atoms with Crippen LogP contribution in [0.4, 0.5) is 5.82 Å². The van der Waals surface area contributed by atoms with Gasteiger partial charge in [-0.05, 0) is 43.7 Å². The van der Waals surface area contributed by atoms with Gasteiger partial charge in [0.1, 0.15) is 5.82 Å². The fourth-order valence-electron chi connectivity index (χ4n) is 3.80. The van der Waals surface area contributed by atoms with Gasteiger partial charge in [0.15, 0.2) is 0 Å². The average molecular weight is 308 g/mol. The first-order valence-corrected chi connectivity index (χ1v) is 8.68. The molecule has 1 aliphatic heterocycles. The molecule has 1 aliphatic carbocycles. The van der Waals surface area contributed by atoms with Gasteiger partial charge >= 0.3 is 0 Å². The number of hydrogen-bond donors (Lipinski definition) is 1. The van der Waals surface area contributed by atoms with Crippen molar-refractivity contribution in [2.45, 2.75) is 64.6 Å². The minimum absolute atomic E-state index is 0.445. The van der Waals surface area contributed by atoms with Crippen molar-refractivity contribution in [1.82, 2.24) is 10.3 Å². The average Bonchev–Trinajstić information content (AvgIpc) is 2.94. The number of halogens is 1. The molecule has 21 heavy (non-hydrogen) atoms. The number of rotatable bonds is 4. The molecule has 4 heteroatoms. The first-order valence-electron chi connectivity index (χ1n) is 8.30. The van der Waals surface area contributed by atoms with E-state index in [1.54, 1.807) is 0 Å². The van der Waals surface area contributed by atoms with Crippen LogP contribution in [0, 0.1) is 5.92 Å². The van der Waals surface area contributed by atoms with Crippen LogP contribution < -0.4 is 10.2 Å². The fraction of sp³-hybridized carbons (Fsp3) is 0.706. The van der Waals surface area contributed by atoms with Gasteiger partial charge in [0, 0.05) is 25.2 Å². The predicted octanol–water partition coefficient (Wildman–Crippen LogP) is 4.00. The number of pyridine rings is 1. The van der Waals surface area contributed by atoms with E-state index in [0.717, 1.165) is 35.5 Å². The molecule has 1 aromatic rings. The summed E-state index contributed by atoms with van der Waals surface area (Å²) in [5.41, 5.74) is 0.975. The van der Waals surface area contributed by atoms with E-state index in [4.69, 9.17) is 16.6 Å². The van der Waals surface area contributed by atoms with Crippen LogP contribution in [0.15, 0.2) is 12.1 Å². The van der Waals surface area contributed by atoms with Crippen molar-refractivity contribution in [2.24, 2.45) is 5.92 Å². The Hall–Kier alpha value is -0.800. The Kier molecular flexibility index (Phi) is 4.70. The number of fused-ring (bicyclic) bond motifs is 1. The standard InChI is InChI=1S/C17H26ClN3/c1-12(2)19-11-15-14(18)8-9-17(20-15)21-10-4-6-13-5-3-7-16(13)21/h8-9,12-13,16,19H,3-7,10-11H2,1-2H3. The van der Waals surface area contributed by atoms with E-state index in [9.17, 15) is 0 Å². The Morgan fingerprint density at radius 3 is 2.90 bits per heavy atom. The van der Waals surface area contributed by atoms with Gasteiger partial charge in [-0.2, -0.15) is 0 Å². The molecular weight excluding hydrogens is 282 g/mol. The maximum absolute atomic E-state index is 6.31. The minimum atomic E-state index is 0.445. The molecule has 2 heterocycles. The molecule has 0 bridgehead atoms. The maximum atomic E-state index is 6.31. The Balaban J connectivity index is 1.79. The highest BCUT2D eigenvalue weighted by Crippen LogP contribution is 2.38. The van der Waals surface area contributed by atoms with Crippen LogP contribution in [-0.4, -0.2) is 23.6 Å². The van der Waals surface area contributed by atoms with E-state index >= 15 is 0 Å². The van der Waals surface area contributed by atoms with Gasteiger partial charge in [-0.1, -0.05) is 31.9 Å². The summed E-state index contributed by atoms with van der Waals surface area (Å²) in [6.07, 6.45) is 6.80. The summed E-state index contributed by atoms with van der Waals surface area (Å²) in [7, 11) is 0. The first-order chi connectivity index (χ1) is 10.1. The van der Waals surface area contributed by atoms with Crippen molar-refractivity contribution in [3.05, 3.63) is 22.8 Å². The first kappa shape index (κ1) is 15.1. The SMILES string of the molecule is CC(C)NCc1nc(N2CCCC3CCCC32)ccc1Cl. The summed E-state index contributed by atoms with van der Waals surface area (Å²) >= 11 is 6.31. The molecule has 0 spiro atoms. The highest BCUT2D eigenvalue weighted by molar-refractivity contribution is 6.31. The Bertz CT molecular complexity index is 489. The third-order valence-electron chi connectivity index (χ3n) is 4.87. The molecule has 0 amide bonds. The number of nitrogens with zero attached hydrogens (tertiary/aromatic N) is 2. The number of anilines is 1. The zero-order valence-corrected chi connectivity index (χ0v) is 13.9. The van der Waals surface area contributed by atoms with E-state index in [2.05, 4.69) is 30.1 Å². The summed E-state index contributed by atoms with van der Waals surface area (Å²) < 4.78 is 0. The molecule has 3 rings (SSSR count). The van der Waals surface area contributed by atoms with Gasteiger partial charge in [-0.25, -0.2) is 4.98 Å². The molecule has 1 saturated carbocycles. The quantitative estimate of drug-likeness (QED) is 0.911. The van der Waals surface area contributed by atoms with Gasteiger partial charge in [0.05, 0.1) is 10.7 Å². The van der Waals surface area contributed by atoms with Crippen molar-refractivity contribution in [1.29, 1.82) is 0 Å². The highest BCUT2D eigenvalue weighted by Gasteiger charge is 2.35. The maximum Gasteiger partial charge on any atom is 0.129 e. The van der Waals surface area contributed by atoms with Gasteiger partial charge in [-0.3, -0.25) is 0 Å². The van der Waals surface area contributed by atoms with Crippen LogP contribution in [0.2, 0.25) is 5.02 Å². The molecule has 2 unspecified atom stereocenters. The van der Waals surface area contributed by atoms with E-state index in [1.165, 1.54) is 32.1 Å². The molecule has 3 nitrogen and oxygen atoms in total. The van der Waals surface area contributed by atoms with Gasteiger partial charge < -0.3 is 10.2 Å². The Morgan fingerprint density at radius 2 is 2.10 bits per heavy atom. The predicted molar refractivity (Wildman–Crippen MR) is 88.9 cm³/mol. The van der Waals surface area contributed by atoms with E-state index in [0.29, 0.717) is 12.1 Å². The number of piperidine rings is 1. The number of aromatic nitrogens is 1. The number of nitrogens with one attached hydrogen (secondary N) is 1. The monoisotopic (exact) mass is 307 g/mol. The summed E-state index contributed by atoms with van der Waals surface area (Å²) in [5, 5.41) is 4.18. The molecule has 1 saturated heterocycles. The molecule has 0 aromatic carbocycles. The van der Waals surface area contributed by atoms with Crippen molar-refractivity contribution in [3.63, 3.8) is 0 Å². The fourth-order valence-corrected chi connectivity index (χ4v) is 3.97. The molecule has 1 N–H and O–H groups in total. The smallest absolute Gasteiger partial charge is 0.129 e. The molecule has 1 aromatic heterocycles. The van der Waals surface area contributed by atoms with Gasteiger partial charge in [0.25, 0.3) is 0 Å². The summed E-state index contributed by atoms with van der Waals surface area (Å²) in [4.78, 5) is 7.40. The normalized spacial score (nSPS) is 25.4. The molecule has 0 radical (unpaired) electrons. The molecule has 2 fully saturated rings. The van der Waals surface area contributed by atoms with Gasteiger partial charge in [-0.15, -0.1) is 0 Å². The summed E-state index contributed by atoms with van der Waals surface area (Å²) in [6, 6.07) is 5.26. The lowest BCUT2D eigenvalue weighted by molar-refractivity contribution is 0.360. The van der Waals surface area contributed by atoms with E-state index < -0.39 is 0 Å². The lowest BCUT2D eigenvalue weighted by Gasteiger charge is -2.38. The van der Waals surface area contributed by atoms with Crippen molar-refractivity contribution in [2.75, 3.05) is 11.4 Å². The van der Waals surface area contributed by atoms with Crippen molar-refractivity contribution < 1.29 is 0 Å². The minimum Gasteiger partial charge on any atom is -0.353 e. The lowest BCUT2D eigenvalue weighted by Crippen LogP contribution is -2.43. The van der Waals surface area contributed by atoms with Crippen LogP contribution in [0.1, 0.15) is 51.6 Å². The number of hydrogen-bond acceptors (Lipinski definition) is 3. The largest absolute Gasteiger partial charge is 0.353 e. The van der Waals surface area contributed by atoms with E-state index in [-0.39, 0.29) is 0 Å². The van der Waals surface area contributed by atoms with Crippen molar-refractivity contribution >= 4 is 17.4 Å². The van der Waals surface area contributed by atoms with Crippen LogP contribution in [0.5, 0.6) is 0 Å². The summed E-state index contributed by atoms with van der Waals surface area (Å²) in [6.45, 7) is 6.18. The van der Waals surface area contributed by atoms with Gasteiger partial charge in [0.2, 0.25) is 0 Å². The zero-order chi connectivity index (χ0) is 14.8. The van der Waals surface area contributed by atoms with Crippen LogP contribution >= 0.6 is 11.6 Å². The lowest BCUT2D eigenvalue weighted by atomic mass is 9.92. The topological polar surface area (TPSA) is 28.2 Å². The Morgan fingerprint density at radius 1 is 1.29 bits per heavy atom. The third-order valence-corrected chi connectivity index (χ3v) is 5.21. The summed E-state index contributed by atoms with van der Waals surface area (Å²) in [5.74, 6) is 2.00. The highest BCUT2D eigenvalue weighted by atomic mass is 35.5. The molecule has 2 atom stereocenters. The zero-order valence-electron chi connectivity index (χ0n) is 13.1. The molecule has 2 aliphatic rings. The second kappa shape index (κ2) is 6.53. The van der Waals surface area contributed by atoms with Crippen molar-refractivity contribution in [3.8, 4) is 0 Å². The van der Waals surface area contributed by atoms with E-state index in [1.807, 2.05) is 6.07 Å². The third kappa shape index (κ3) is 3.35.